The first-order chi connectivity index (χ1) is 22.6. The van der Waals surface area contributed by atoms with Gasteiger partial charge in [-0.05, 0) is 55.8 Å². The normalized spacial score (nSPS) is 11.6. The summed E-state index contributed by atoms with van der Waals surface area (Å²) in [5.74, 6) is 0.811. The van der Waals surface area contributed by atoms with E-state index >= 15 is 0 Å². The minimum Gasteiger partial charge on any atom is -0.312 e. The number of aromatic nitrogens is 5. The summed E-state index contributed by atoms with van der Waals surface area (Å²) in [6.07, 6.45) is 3.93. The third-order valence-electron chi connectivity index (χ3n) is 9.23. The molecule has 5 aromatic carbocycles. The largest absolute Gasteiger partial charge is 0.312 e. The molecule has 6 heteroatoms. The molecule has 9 rings (SSSR count). The number of hydrogen-bond acceptors (Lipinski definition) is 2. The summed E-state index contributed by atoms with van der Waals surface area (Å²) >= 11 is 0. The average Bonchev–Trinajstić information content (AvgIpc) is 3.76. The van der Waals surface area contributed by atoms with Crippen LogP contribution in [-0.2, 0) is 21.1 Å². The van der Waals surface area contributed by atoms with Crippen molar-refractivity contribution in [3.63, 3.8) is 0 Å². The predicted octanol–water partition coefficient (Wildman–Crippen LogP) is 9.85. The Hall–Kier alpha value is -5.25. The van der Waals surface area contributed by atoms with E-state index in [4.69, 9.17) is 9.97 Å². The van der Waals surface area contributed by atoms with Crippen LogP contribution in [0.1, 0.15) is 16.7 Å². The smallest absolute Gasteiger partial charge is 0.220 e. The van der Waals surface area contributed by atoms with Crippen LogP contribution in [0.25, 0.3) is 72.3 Å². The van der Waals surface area contributed by atoms with E-state index in [0.717, 1.165) is 66.8 Å². The minimum atomic E-state index is 0. The molecular weight excluding hydrogens is 758 g/mol. The van der Waals surface area contributed by atoms with Crippen LogP contribution in [0.4, 0.5) is 0 Å². The van der Waals surface area contributed by atoms with E-state index in [1.54, 1.807) is 0 Å². The fraction of sp³-hybridized carbons (Fsp3) is 0.0732. The summed E-state index contributed by atoms with van der Waals surface area (Å²) in [4.78, 5) is 10.5. The van der Waals surface area contributed by atoms with Gasteiger partial charge in [0.05, 0.1) is 16.7 Å². The van der Waals surface area contributed by atoms with Crippen LogP contribution in [0.15, 0.2) is 128 Å². The van der Waals surface area contributed by atoms with Gasteiger partial charge >= 0.3 is 0 Å². The standard InChI is InChI=1S/C41H30N5.Pt/c1-26-12-4-5-17-31(26)29-15-11-16-30(24-29)45-36-20-8-6-18-32(36)34-25-35-33-19-7-9-21-37(33)46(40(35)43-39(34)45)41-42-22-23-44(41)38-27(2)13-10-14-28(38)3;/h4-23,25H,1-3H3;/q-1;. The zero-order valence-corrected chi connectivity index (χ0v) is 28.4. The molecule has 0 unspecified atom stereocenters. The summed E-state index contributed by atoms with van der Waals surface area (Å²) < 4.78 is 6.66. The maximum absolute atomic E-state index is 5.54. The Kier molecular flexibility index (Phi) is 6.96. The van der Waals surface area contributed by atoms with Gasteiger partial charge in [-0.3, -0.25) is 9.13 Å². The van der Waals surface area contributed by atoms with Crippen LogP contribution >= 0.6 is 0 Å². The van der Waals surface area contributed by atoms with Crippen LogP contribution in [0.5, 0.6) is 0 Å². The van der Waals surface area contributed by atoms with Crippen LogP contribution in [-0.4, -0.2) is 23.7 Å². The maximum atomic E-state index is 5.54. The van der Waals surface area contributed by atoms with Crippen molar-refractivity contribution in [2.24, 2.45) is 0 Å². The number of benzene rings is 5. The van der Waals surface area contributed by atoms with Crippen molar-refractivity contribution in [2.75, 3.05) is 0 Å². The van der Waals surface area contributed by atoms with Crippen LogP contribution < -0.4 is 0 Å². The second-order valence-corrected chi connectivity index (χ2v) is 12.0. The van der Waals surface area contributed by atoms with Crippen molar-refractivity contribution < 1.29 is 21.1 Å². The first-order valence-corrected chi connectivity index (χ1v) is 15.6. The molecule has 0 aliphatic rings. The molecule has 0 radical (unpaired) electrons. The molecule has 4 aromatic heterocycles. The molecule has 5 nitrogen and oxygen atoms in total. The Balaban J connectivity index is 0.00000324. The summed E-state index contributed by atoms with van der Waals surface area (Å²) in [5, 5.41) is 4.52. The maximum Gasteiger partial charge on any atom is 0.220 e. The molecule has 47 heavy (non-hydrogen) atoms. The molecule has 9 aromatic rings. The first-order valence-electron chi connectivity index (χ1n) is 15.6. The molecule has 0 saturated heterocycles. The SMILES string of the molecule is Cc1ccccc1-c1[c-]c(-n2c3ccccc3c3cc4c5ccccc5n(-c5nccn5-c5c(C)cccc5C)c4nc32)ccc1.[Pt]. The van der Waals surface area contributed by atoms with Gasteiger partial charge in [0.2, 0.25) is 5.95 Å². The minimum absolute atomic E-state index is 0. The van der Waals surface area contributed by atoms with Crippen LogP contribution in [0.2, 0.25) is 0 Å². The Morgan fingerprint density at radius 2 is 1.17 bits per heavy atom. The summed E-state index contributed by atoms with van der Waals surface area (Å²) in [7, 11) is 0. The van der Waals surface area contributed by atoms with E-state index in [9.17, 15) is 0 Å². The fourth-order valence-corrected chi connectivity index (χ4v) is 7.14. The number of imidazole rings is 1. The van der Waals surface area contributed by atoms with E-state index in [1.165, 1.54) is 22.3 Å². The molecule has 0 spiro atoms. The van der Waals surface area contributed by atoms with Gasteiger partial charge in [-0.25, -0.2) is 9.97 Å². The van der Waals surface area contributed by atoms with Crippen molar-refractivity contribution >= 4 is 43.9 Å². The molecule has 0 atom stereocenters. The zero-order valence-electron chi connectivity index (χ0n) is 26.2. The molecule has 0 aliphatic heterocycles. The topological polar surface area (TPSA) is 40.6 Å². The monoisotopic (exact) mass is 787 g/mol. The number of rotatable bonds is 4. The zero-order chi connectivity index (χ0) is 30.9. The molecule has 0 bridgehead atoms. The van der Waals surface area contributed by atoms with Gasteiger partial charge in [0, 0.05) is 55.0 Å². The van der Waals surface area contributed by atoms with Gasteiger partial charge in [0.15, 0.2) is 0 Å². The molecule has 4 heterocycles. The molecule has 0 aliphatic carbocycles. The van der Waals surface area contributed by atoms with Crippen LogP contribution in [0, 0.1) is 26.8 Å². The Morgan fingerprint density at radius 3 is 1.89 bits per heavy atom. The summed E-state index contributed by atoms with van der Waals surface area (Å²) in [6.45, 7) is 6.45. The van der Waals surface area contributed by atoms with Crippen molar-refractivity contribution in [3.8, 4) is 28.5 Å². The van der Waals surface area contributed by atoms with Gasteiger partial charge in [-0.2, -0.15) is 0 Å². The molecule has 230 valence electrons. The first kappa shape index (κ1) is 29.2. The third kappa shape index (κ3) is 4.41. The number of pyridine rings is 1. The Bertz CT molecular complexity index is 2620. The van der Waals surface area contributed by atoms with E-state index in [1.807, 2.05) is 12.4 Å². The van der Waals surface area contributed by atoms with Crippen molar-refractivity contribution in [2.45, 2.75) is 20.8 Å². The van der Waals surface area contributed by atoms with Crippen molar-refractivity contribution in [3.05, 3.63) is 150 Å². The van der Waals surface area contributed by atoms with E-state index in [-0.39, 0.29) is 21.1 Å². The Morgan fingerprint density at radius 1 is 0.574 bits per heavy atom. The number of fused-ring (bicyclic) bond motifs is 6. The van der Waals surface area contributed by atoms with Crippen molar-refractivity contribution in [1.82, 2.24) is 23.7 Å². The molecule has 0 N–H and O–H groups in total. The van der Waals surface area contributed by atoms with Crippen LogP contribution in [0.3, 0.4) is 0 Å². The van der Waals surface area contributed by atoms with Gasteiger partial charge in [0.1, 0.15) is 11.3 Å². The van der Waals surface area contributed by atoms with E-state index in [0.29, 0.717) is 0 Å². The number of hydrogen-bond donors (Lipinski definition) is 0. The number of para-hydroxylation sites is 3. The fourth-order valence-electron chi connectivity index (χ4n) is 7.14. The van der Waals surface area contributed by atoms with E-state index in [2.05, 4.69) is 156 Å². The summed E-state index contributed by atoms with van der Waals surface area (Å²) in [6, 6.07) is 44.4. The molecule has 0 saturated carbocycles. The van der Waals surface area contributed by atoms with Gasteiger partial charge in [-0.1, -0.05) is 90.0 Å². The predicted molar refractivity (Wildman–Crippen MR) is 189 cm³/mol. The van der Waals surface area contributed by atoms with Gasteiger partial charge in [0.25, 0.3) is 0 Å². The van der Waals surface area contributed by atoms with Gasteiger partial charge in [-0.15, -0.1) is 29.8 Å². The second kappa shape index (κ2) is 11.2. The number of nitrogens with zero attached hydrogens (tertiary/aromatic N) is 5. The second-order valence-electron chi connectivity index (χ2n) is 12.0. The van der Waals surface area contributed by atoms with Crippen molar-refractivity contribution in [1.29, 1.82) is 0 Å². The Labute approximate surface area is 287 Å². The molecule has 0 amide bonds. The number of aryl methyl sites for hydroxylation is 3. The average molecular weight is 788 g/mol. The molecule has 0 fully saturated rings. The summed E-state index contributed by atoms with van der Waals surface area (Å²) in [5.41, 5.74) is 11.9. The molecular formula is C41H30N5Pt-. The van der Waals surface area contributed by atoms with Gasteiger partial charge < -0.3 is 4.57 Å². The quantitative estimate of drug-likeness (QED) is 0.167. The third-order valence-corrected chi connectivity index (χ3v) is 9.23. The van der Waals surface area contributed by atoms with E-state index < -0.39 is 0 Å².